The van der Waals surface area contributed by atoms with Gasteiger partial charge in [0.1, 0.15) is 5.15 Å². The molecule has 2 aromatic rings. The molecule has 0 atom stereocenters. The quantitative estimate of drug-likeness (QED) is 0.821. The first-order valence-corrected chi connectivity index (χ1v) is 5.66. The van der Waals surface area contributed by atoms with Gasteiger partial charge < -0.3 is 0 Å². The van der Waals surface area contributed by atoms with E-state index < -0.39 is 5.69 Å². The molecule has 2 aromatic heterocycles. The van der Waals surface area contributed by atoms with Crippen molar-refractivity contribution in [3.05, 3.63) is 37.8 Å². The molecule has 0 radical (unpaired) electrons. The summed E-state index contributed by atoms with van der Waals surface area (Å²) in [6.07, 6.45) is 1.47. The number of rotatable bonds is 1. The molecule has 0 bridgehead atoms. The minimum atomic E-state index is -0.436. The van der Waals surface area contributed by atoms with Crippen molar-refractivity contribution in [3.8, 4) is 10.4 Å². The van der Waals surface area contributed by atoms with Gasteiger partial charge in [0.2, 0.25) is 0 Å². The van der Waals surface area contributed by atoms with E-state index in [0.29, 0.717) is 5.15 Å². The highest BCUT2D eigenvalue weighted by atomic mass is 79.9. The Labute approximate surface area is 96.9 Å². The average molecular weight is 292 g/mol. The summed E-state index contributed by atoms with van der Waals surface area (Å²) in [5.74, 6) is 0. The molecule has 0 unspecified atom stereocenters. The van der Waals surface area contributed by atoms with Gasteiger partial charge >= 0.3 is 5.69 Å². The van der Waals surface area contributed by atoms with Gasteiger partial charge in [0, 0.05) is 16.6 Å². The number of H-pyrrole nitrogens is 1. The van der Waals surface area contributed by atoms with Crippen LogP contribution in [0.25, 0.3) is 10.4 Å². The summed E-state index contributed by atoms with van der Waals surface area (Å²) in [7, 11) is 0. The fourth-order valence-electron chi connectivity index (χ4n) is 1.00. The summed E-state index contributed by atoms with van der Waals surface area (Å²) < 4.78 is 1.01. The fraction of sp³-hybridized carbons (Fsp3) is 0. The molecule has 0 saturated carbocycles. The highest BCUT2D eigenvalue weighted by Crippen LogP contribution is 2.33. The van der Waals surface area contributed by atoms with Crippen LogP contribution in [-0.4, -0.2) is 9.97 Å². The Balaban J connectivity index is 2.57. The molecular weight excluding hydrogens is 288 g/mol. The molecule has 0 aliphatic carbocycles. The number of halogens is 2. The van der Waals surface area contributed by atoms with E-state index in [2.05, 4.69) is 25.9 Å². The molecule has 2 heterocycles. The first-order valence-electron chi connectivity index (χ1n) is 3.67. The van der Waals surface area contributed by atoms with Crippen LogP contribution in [0, 0.1) is 0 Å². The normalized spacial score (nSPS) is 10.4. The monoisotopic (exact) mass is 290 g/mol. The Morgan fingerprint density at radius 1 is 1.50 bits per heavy atom. The molecule has 0 spiro atoms. The lowest BCUT2D eigenvalue weighted by Crippen LogP contribution is -2.09. The number of thiophene rings is 1. The second-order valence-electron chi connectivity index (χ2n) is 2.52. The van der Waals surface area contributed by atoms with Crippen LogP contribution in [0.3, 0.4) is 0 Å². The van der Waals surface area contributed by atoms with Crippen molar-refractivity contribution < 1.29 is 0 Å². The van der Waals surface area contributed by atoms with Crippen LogP contribution in [0.2, 0.25) is 5.15 Å². The highest BCUT2D eigenvalue weighted by molar-refractivity contribution is 9.11. The van der Waals surface area contributed by atoms with E-state index in [9.17, 15) is 4.79 Å². The van der Waals surface area contributed by atoms with Crippen molar-refractivity contribution in [1.82, 2.24) is 9.97 Å². The van der Waals surface area contributed by atoms with Crippen LogP contribution >= 0.6 is 38.9 Å². The molecule has 0 saturated heterocycles. The second kappa shape index (κ2) is 3.84. The first-order chi connectivity index (χ1) is 6.66. The van der Waals surface area contributed by atoms with Crippen LogP contribution in [0.4, 0.5) is 0 Å². The van der Waals surface area contributed by atoms with E-state index in [-0.39, 0.29) is 0 Å². The van der Waals surface area contributed by atoms with Crippen molar-refractivity contribution in [2.75, 3.05) is 0 Å². The Kier molecular flexibility index (Phi) is 2.71. The van der Waals surface area contributed by atoms with Gasteiger partial charge in [-0.15, -0.1) is 11.3 Å². The fourth-order valence-corrected chi connectivity index (χ4v) is 2.69. The van der Waals surface area contributed by atoms with E-state index in [1.165, 1.54) is 17.5 Å². The topological polar surface area (TPSA) is 45.8 Å². The number of aromatic nitrogens is 2. The van der Waals surface area contributed by atoms with E-state index in [0.717, 1.165) is 14.2 Å². The van der Waals surface area contributed by atoms with Gasteiger partial charge in [-0.25, -0.2) is 9.78 Å². The third-order valence-corrected chi connectivity index (χ3v) is 3.56. The molecule has 0 fully saturated rings. The van der Waals surface area contributed by atoms with Crippen molar-refractivity contribution >= 4 is 38.9 Å². The molecule has 0 aliphatic rings. The molecule has 3 nitrogen and oxygen atoms in total. The molecule has 1 N–H and O–H groups in total. The summed E-state index contributed by atoms with van der Waals surface area (Å²) >= 11 is 10.8. The smallest absolute Gasteiger partial charge is 0.296 e. The lowest BCUT2D eigenvalue weighted by Gasteiger charge is -1.97. The summed E-state index contributed by atoms with van der Waals surface area (Å²) in [4.78, 5) is 17.8. The zero-order valence-corrected chi connectivity index (χ0v) is 9.91. The maximum absolute atomic E-state index is 10.8. The molecule has 2 rings (SSSR count). The minimum Gasteiger partial charge on any atom is -0.296 e. The Morgan fingerprint density at radius 2 is 2.29 bits per heavy atom. The predicted molar refractivity (Wildman–Crippen MR) is 60.9 cm³/mol. The van der Waals surface area contributed by atoms with Crippen LogP contribution in [0.15, 0.2) is 26.9 Å². The van der Waals surface area contributed by atoms with Gasteiger partial charge in [0.15, 0.2) is 0 Å². The lowest BCUT2D eigenvalue weighted by molar-refractivity contribution is 1.08. The van der Waals surface area contributed by atoms with Gasteiger partial charge in [-0.1, -0.05) is 11.6 Å². The summed E-state index contributed by atoms with van der Waals surface area (Å²) in [6, 6.07) is 3.83. The van der Waals surface area contributed by atoms with Crippen molar-refractivity contribution in [2.45, 2.75) is 0 Å². The maximum atomic E-state index is 10.8. The van der Waals surface area contributed by atoms with Crippen LogP contribution < -0.4 is 5.69 Å². The lowest BCUT2D eigenvalue weighted by atomic mass is 10.3. The van der Waals surface area contributed by atoms with Crippen molar-refractivity contribution in [3.63, 3.8) is 0 Å². The molecule has 14 heavy (non-hydrogen) atoms. The third kappa shape index (κ3) is 1.89. The van der Waals surface area contributed by atoms with Gasteiger partial charge in [-0.3, -0.25) is 4.98 Å². The SMILES string of the molecule is O=c1ncc(-c2ccc(Br)s2)c(Cl)[nH]1. The first kappa shape index (κ1) is 9.89. The van der Waals surface area contributed by atoms with Gasteiger partial charge in [0.25, 0.3) is 0 Å². The van der Waals surface area contributed by atoms with Gasteiger partial charge in [0.05, 0.1) is 3.79 Å². The third-order valence-electron chi connectivity index (χ3n) is 1.60. The number of nitrogens with zero attached hydrogens (tertiary/aromatic N) is 1. The van der Waals surface area contributed by atoms with Crippen molar-refractivity contribution in [2.24, 2.45) is 0 Å². The van der Waals surface area contributed by atoms with Crippen LogP contribution in [0.1, 0.15) is 0 Å². The second-order valence-corrected chi connectivity index (χ2v) is 5.36. The molecule has 6 heteroatoms. The zero-order valence-electron chi connectivity index (χ0n) is 6.75. The number of hydrogen-bond donors (Lipinski definition) is 1. The molecule has 0 amide bonds. The number of hydrogen-bond acceptors (Lipinski definition) is 3. The molecule has 72 valence electrons. The van der Waals surface area contributed by atoms with Crippen LogP contribution in [0.5, 0.6) is 0 Å². The van der Waals surface area contributed by atoms with Crippen LogP contribution in [-0.2, 0) is 0 Å². The zero-order chi connectivity index (χ0) is 10.1. The van der Waals surface area contributed by atoms with E-state index >= 15 is 0 Å². The number of aromatic amines is 1. The van der Waals surface area contributed by atoms with Gasteiger partial charge in [-0.2, -0.15) is 0 Å². The average Bonchev–Trinajstić information content (AvgIpc) is 2.51. The van der Waals surface area contributed by atoms with E-state index in [4.69, 9.17) is 11.6 Å². The molecule has 0 aromatic carbocycles. The molecule has 0 aliphatic heterocycles. The minimum absolute atomic E-state index is 0.319. The Hall–Kier alpha value is -0.650. The van der Waals surface area contributed by atoms with E-state index in [1.807, 2.05) is 12.1 Å². The van der Waals surface area contributed by atoms with Gasteiger partial charge in [-0.05, 0) is 28.1 Å². The molecular formula is C8H4BrClN2OS. The maximum Gasteiger partial charge on any atom is 0.346 e. The highest BCUT2D eigenvalue weighted by Gasteiger charge is 2.06. The number of nitrogens with one attached hydrogen (secondary N) is 1. The Bertz CT molecular complexity index is 522. The van der Waals surface area contributed by atoms with E-state index in [1.54, 1.807) is 0 Å². The predicted octanol–water partition coefficient (Wildman–Crippen LogP) is 2.91. The summed E-state index contributed by atoms with van der Waals surface area (Å²) in [6.45, 7) is 0. The van der Waals surface area contributed by atoms with Crippen molar-refractivity contribution in [1.29, 1.82) is 0 Å². The summed E-state index contributed by atoms with van der Waals surface area (Å²) in [5, 5.41) is 0.319. The summed E-state index contributed by atoms with van der Waals surface area (Å²) in [5.41, 5.74) is 0.302. The Morgan fingerprint density at radius 3 is 2.86 bits per heavy atom. The standard InChI is InChI=1S/C8H4BrClN2OS/c9-6-2-1-5(14-6)4-3-11-8(13)12-7(4)10/h1-3H,(H,11,12,13). The largest absolute Gasteiger partial charge is 0.346 e.